The topological polar surface area (TPSA) is 52.9 Å². The lowest BCUT2D eigenvalue weighted by Crippen LogP contribution is -2.27. The van der Waals surface area contributed by atoms with Crippen LogP contribution >= 0.6 is 0 Å². The zero-order valence-electron chi connectivity index (χ0n) is 15.3. The van der Waals surface area contributed by atoms with Gasteiger partial charge in [0, 0.05) is 25.6 Å². The van der Waals surface area contributed by atoms with E-state index in [2.05, 4.69) is 11.8 Å². The molecule has 3 rings (SSSR count). The molecule has 0 saturated carbocycles. The maximum Gasteiger partial charge on any atom is 0.165 e. The molecule has 2 aromatic carbocycles. The Kier molecular flexibility index (Phi) is 6.29. The lowest BCUT2D eigenvalue weighted by Gasteiger charge is -2.20. The summed E-state index contributed by atoms with van der Waals surface area (Å²) in [6.45, 7) is 4.67. The van der Waals surface area contributed by atoms with Gasteiger partial charge in [-0.15, -0.1) is 0 Å². The Hall–Kier alpha value is -2.18. The van der Waals surface area contributed by atoms with Crippen molar-refractivity contribution in [1.82, 2.24) is 4.90 Å². The minimum absolute atomic E-state index is 0.291. The molecule has 4 nitrogen and oxygen atoms in total. The minimum Gasteiger partial charge on any atom is -0.505 e. The number of phenolic OH excluding ortho intramolecular Hbond substituents is 1. The molecule has 0 amide bonds. The van der Waals surface area contributed by atoms with Crippen molar-refractivity contribution >= 4 is 0 Å². The number of aromatic hydroxyl groups is 1. The Labute approximate surface area is 158 Å². The standard InChI is InChI=1S/C21H25F2NO3/c1-2-14-10-24(12-21(26)15-3-8-20(25)19(23)9-15)11-16(14)13-27-18-6-4-17(22)5-7-18/h3-9,14,16,21,25-26H,2,10-13H2,1H3. The summed E-state index contributed by atoms with van der Waals surface area (Å²) in [6, 6.07) is 9.94. The summed E-state index contributed by atoms with van der Waals surface area (Å²) < 4.78 is 32.3. The predicted octanol–water partition coefficient (Wildman–Crippen LogP) is 3.74. The quantitative estimate of drug-likeness (QED) is 0.772. The van der Waals surface area contributed by atoms with Crippen LogP contribution in [0.15, 0.2) is 42.5 Å². The Morgan fingerprint density at radius 3 is 2.48 bits per heavy atom. The van der Waals surface area contributed by atoms with E-state index in [1.807, 2.05) is 0 Å². The third-order valence-corrected chi connectivity index (χ3v) is 5.24. The first-order valence-electron chi connectivity index (χ1n) is 9.23. The fourth-order valence-electron chi connectivity index (χ4n) is 3.65. The van der Waals surface area contributed by atoms with Gasteiger partial charge in [-0.2, -0.15) is 0 Å². The lowest BCUT2D eigenvalue weighted by molar-refractivity contribution is 0.121. The van der Waals surface area contributed by atoms with E-state index in [1.54, 1.807) is 12.1 Å². The SMILES string of the molecule is CCC1CN(CC(O)c2ccc(O)c(F)c2)CC1COc1ccc(F)cc1. The number of phenols is 1. The van der Waals surface area contributed by atoms with Crippen molar-refractivity contribution in [3.8, 4) is 11.5 Å². The smallest absolute Gasteiger partial charge is 0.165 e. The van der Waals surface area contributed by atoms with Gasteiger partial charge in [0.05, 0.1) is 12.7 Å². The summed E-state index contributed by atoms with van der Waals surface area (Å²) in [5.41, 5.74) is 0.448. The van der Waals surface area contributed by atoms with Crippen molar-refractivity contribution in [1.29, 1.82) is 0 Å². The van der Waals surface area contributed by atoms with Crippen LogP contribution < -0.4 is 4.74 Å². The molecule has 3 atom stereocenters. The van der Waals surface area contributed by atoms with Crippen LogP contribution in [0.3, 0.4) is 0 Å². The Morgan fingerprint density at radius 1 is 1.11 bits per heavy atom. The van der Waals surface area contributed by atoms with E-state index in [9.17, 15) is 19.0 Å². The molecule has 0 aliphatic carbocycles. The lowest BCUT2D eigenvalue weighted by atomic mass is 9.94. The largest absolute Gasteiger partial charge is 0.505 e. The molecule has 3 unspecified atom stereocenters. The minimum atomic E-state index is -0.825. The van der Waals surface area contributed by atoms with Gasteiger partial charge in [0.1, 0.15) is 11.6 Å². The number of nitrogens with zero attached hydrogens (tertiary/aromatic N) is 1. The van der Waals surface area contributed by atoms with Gasteiger partial charge in [-0.3, -0.25) is 4.90 Å². The Balaban J connectivity index is 1.56. The van der Waals surface area contributed by atoms with Gasteiger partial charge in [0.2, 0.25) is 0 Å². The molecular formula is C21H25F2NO3. The average molecular weight is 377 g/mol. The van der Waals surface area contributed by atoms with Crippen molar-refractivity contribution in [3.05, 3.63) is 59.7 Å². The highest BCUT2D eigenvalue weighted by molar-refractivity contribution is 5.29. The molecule has 0 aromatic heterocycles. The van der Waals surface area contributed by atoms with Gasteiger partial charge < -0.3 is 14.9 Å². The number of aliphatic hydroxyl groups is 1. The van der Waals surface area contributed by atoms with Gasteiger partial charge >= 0.3 is 0 Å². The molecular weight excluding hydrogens is 352 g/mol. The van der Waals surface area contributed by atoms with Crippen molar-refractivity contribution < 1.29 is 23.7 Å². The zero-order chi connectivity index (χ0) is 19.4. The fraction of sp³-hybridized carbons (Fsp3) is 0.429. The van der Waals surface area contributed by atoms with Crippen LogP contribution in [0, 0.1) is 23.5 Å². The number of likely N-dealkylation sites (tertiary alicyclic amines) is 1. The molecule has 0 radical (unpaired) electrons. The van der Waals surface area contributed by atoms with Gasteiger partial charge in [-0.1, -0.05) is 19.4 Å². The maximum atomic E-state index is 13.5. The van der Waals surface area contributed by atoms with E-state index < -0.39 is 17.7 Å². The normalized spacial score (nSPS) is 21.3. The van der Waals surface area contributed by atoms with Crippen LogP contribution in [-0.2, 0) is 0 Å². The Morgan fingerprint density at radius 2 is 1.81 bits per heavy atom. The number of β-amino-alcohol motifs (C(OH)–C–C–N with tert-alkyl or cyclic N) is 1. The van der Waals surface area contributed by atoms with Gasteiger partial charge in [0.25, 0.3) is 0 Å². The number of halogens is 2. The summed E-state index contributed by atoms with van der Waals surface area (Å²) in [5, 5.41) is 19.7. The molecule has 2 N–H and O–H groups in total. The van der Waals surface area contributed by atoms with Crippen molar-refractivity contribution in [2.45, 2.75) is 19.4 Å². The molecule has 0 bridgehead atoms. The number of benzene rings is 2. The third kappa shape index (κ3) is 4.96. The second-order valence-electron chi connectivity index (χ2n) is 7.14. The van der Waals surface area contributed by atoms with Gasteiger partial charge in [-0.05, 0) is 47.9 Å². The second-order valence-corrected chi connectivity index (χ2v) is 7.14. The van der Waals surface area contributed by atoms with Crippen molar-refractivity contribution in [3.63, 3.8) is 0 Å². The van der Waals surface area contributed by atoms with Crippen molar-refractivity contribution in [2.75, 3.05) is 26.2 Å². The molecule has 0 spiro atoms. The summed E-state index contributed by atoms with van der Waals surface area (Å²) in [7, 11) is 0. The molecule has 1 fully saturated rings. The molecule has 1 saturated heterocycles. The number of hydrogen-bond acceptors (Lipinski definition) is 4. The number of ether oxygens (including phenoxy) is 1. The van der Waals surface area contributed by atoms with E-state index in [0.717, 1.165) is 19.5 Å². The summed E-state index contributed by atoms with van der Waals surface area (Å²) in [4.78, 5) is 2.16. The van der Waals surface area contributed by atoms with Crippen LogP contribution in [0.4, 0.5) is 8.78 Å². The van der Waals surface area contributed by atoms with Gasteiger partial charge in [-0.25, -0.2) is 8.78 Å². The van der Waals surface area contributed by atoms with Crippen molar-refractivity contribution in [2.24, 2.45) is 11.8 Å². The highest BCUT2D eigenvalue weighted by atomic mass is 19.1. The average Bonchev–Trinajstić information content (AvgIpc) is 3.05. The Bertz CT molecular complexity index is 754. The van der Waals surface area contributed by atoms with Crippen LogP contribution in [0.5, 0.6) is 11.5 Å². The van der Waals surface area contributed by atoms with E-state index >= 15 is 0 Å². The molecule has 6 heteroatoms. The molecule has 2 aromatic rings. The van der Waals surface area contributed by atoms with Gasteiger partial charge in [0.15, 0.2) is 11.6 Å². The van der Waals surface area contributed by atoms with E-state index in [4.69, 9.17) is 4.74 Å². The summed E-state index contributed by atoms with van der Waals surface area (Å²) in [5.74, 6) is -0.0519. The zero-order valence-corrected chi connectivity index (χ0v) is 15.3. The number of hydrogen-bond donors (Lipinski definition) is 2. The number of aliphatic hydroxyl groups excluding tert-OH is 1. The monoisotopic (exact) mass is 377 g/mol. The predicted molar refractivity (Wildman–Crippen MR) is 98.6 cm³/mol. The maximum absolute atomic E-state index is 13.5. The van der Waals surface area contributed by atoms with Crippen LogP contribution in [0.25, 0.3) is 0 Å². The highest BCUT2D eigenvalue weighted by Crippen LogP contribution is 2.29. The molecule has 27 heavy (non-hydrogen) atoms. The second kappa shape index (κ2) is 8.67. The first-order valence-corrected chi connectivity index (χ1v) is 9.23. The van der Waals surface area contributed by atoms with E-state index in [-0.39, 0.29) is 5.82 Å². The summed E-state index contributed by atoms with van der Waals surface area (Å²) >= 11 is 0. The first kappa shape index (κ1) is 19.6. The molecule has 146 valence electrons. The van der Waals surface area contributed by atoms with Crippen LogP contribution in [0.2, 0.25) is 0 Å². The third-order valence-electron chi connectivity index (χ3n) is 5.24. The van der Waals surface area contributed by atoms with E-state index in [0.29, 0.717) is 36.3 Å². The molecule has 1 heterocycles. The fourth-order valence-corrected chi connectivity index (χ4v) is 3.65. The van der Waals surface area contributed by atoms with Crippen LogP contribution in [0.1, 0.15) is 25.0 Å². The molecule has 1 aliphatic rings. The summed E-state index contributed by atoms with van der Waals surface area (Å²) in [6.07, 6.45) is 0.173. The van der Waals surface area contributed by atoms with Crippen LogP contribution in [-0.4, -0.2) is 41.4 Å². The highest BCUT2D eigenvalue weighted by Gasteiger charge is 2.33. The first-order chi connectivity index (χ1) is 13.0. The molecule has 1 aliphatic heterocycles. The van der Waals surface area contributed by atoms with E-state index in [1.165, 1.54) is 30.3 Å². The number of rotatable bonds is 7.